The lowest BCUT2D eigenvalue weighted by Crippen LogP contribution is -2.45. The van der Waals surface area contributed by atoms with E-state index in [-0.39, 0.29) is 19.1 Å². The van der Waals surface area contributed by atoms with Gasteiger partial charge in [-0.2, -0.15) is 0 Å². The van der Waals surface area contributed by atoms with Crippen molar-refractivity contribution in [2.75, 3.05) is 13.2 Å². The summed E-state index contributed by atoms with van der Waals surface area (Å²) in [6.45, 7) is 7.62. The van der Waals surface area contributed by atoms with Gasteiger partial charge in [-0.15, -0.1) is 0 Å². The molecular formula is C21H26N2O4. The van der Waals surface area contributed by atoms with Crippen LogP contribution in [0.1, 0.15) is 36.5 Å². The van der Waals surface area contributed by atoms with Crippen molar-refractivity contribution in [3.8, 4) is 11.5 Å². The van der Waals surface area contributed by atoms with Crippen LogP contribution < -0.4 is 20.3 Å². The first-order chi connectivity index (χ1) is 12.9. The zero-order valence-electron chi connectivity index (χ0n) is 16.2. The Morgan fingerprint density at radius 2 is 1.48 bits per heavy atom. The number of para-hydroxylation sites is 1. The van der Waals surface area contributed by atoms with Gasteiger partial charge in [-0.3, -0.25) is 20.4 Å². The number of hydrazine groups is 1. The Bertz CT molecular complexity index is 803. The minimum absolute atomic E-state index is 0.193. The molecule has 0 radical (unpaired) electrons. The highest BCUT2D eigenvalue weighted by molar-refractivity contribution is 5.83. The Morgan fingerprint density at radius 1 is 0.889 bits per heavy atom. The van der Waals surface area contributed by atoms with Crippen molar-refractivity contribution in [2.45, 2.75) is 33.6 Å². The van der Waals surface area contributed by atoms with Gasteiger partial charge in [0.15, 0.2) is 13.2 Å². The molecule has 0 aromatic heterocycles. The van der Waals surface area contributed by atoms with E-state index in [2.05, 4.69) is 24.7 Å². The zero-order valence-corrected chi connectivity index (χ0v) is 16.2. The van der Waals surface area contributed by atoms with Gasteiger partial charge in [-0.25, -0.2) is 0 Å². The number of aryl methyl sites for hydroxylation is 2. The van der Waals surface area contributed by atoms with Gasteiger partial charge in [-0.1, -0.05) is 49.7 Å². The van der Waals surface area contributed by atoms with E-state index in [1.165, 1.54) is 0 Å². The molecule has 2 aromatic rings. The third-order valence-corrected chi connectivity index (χ3v) is 3.93. The monoisotopic (exact) mass is 370 g/mol. The topological polar surface area (TPSA) is 76.7 Å². The van der Waals surface area contributed by atoms with Gasteiger partial charge in [0.05, 0.1) is 0 Å². The van der Waals surface area contributed by atoms with Crippen LogP contribution in [0.25, 0.3) is 0 Å². The van der Waals surface area contributed by atoms with Crippen molar-refractivity contribution < 1.29 is 19.1 Å². The minimum atomic E-state index is -0.453. The lowest BCUT2D eigenvalue weighted by molar-refractivity contribution is -0.131. The zero-order chi connectivity index (χ0) is 19.8. The molecule has 0 saturated carbocycles. The van der Waals surface area contributed by atoms with E-state index < -0.39 is 11.8 Å². The van der Waals surface area contributed by atoms with Gasteiger partial charge in [0.1, 0.15) is 11.5 Å². The first-order valence-corrected chi connectivity index (χ1v) is 8.86. The van der Waals surface area contributed by atoms with Gasteiger partial charge in [-0.05, 0) is 43.0 Å². The first kappa shape index (κ1) is 20.3. The highest BCUT2D eigenvalue weighted by Gasteiger charge is 2.10. The molecule has 0 atom stereocenters. The molecule has 2 amide bonds. The van der Waals surface area contributed by atoms with Crippen LogP contribution in [0, 0.1) is 13.8 Å². The summed E-state index contributed by atoms with van der Waals surface area (Å²) in [5.74, 6) is 0.675. The van der Waals surface area contributed by atoms with Crippen molar-refractivity contribution >= 4 is 11.8 Å². The summed E-state index contributed by atoms with van der Waals surface area (Å²) in [5.41, 5.74) is 7.72. The molecule has 27 heavy (non-hydrogen) atoms. The van der Waals surface area contributed by atoms with Gasteiger partial charge >= 0.3 is 0 Å². The SMILES string of the molecule is Cc1ccc(OCC(=O)NNC(=O)COc2ccccc2C(C)C)c(C)c1. The van der Waals surface area contributed by atoms with E-state index in [0.29, 0.717) is 11.5 Å². The summed E-state index contributed by atoms with van der Waals surface area (Å²) >= 11 is 0. The largest absolute Gasteiger partial charge is 0.483 e. The maximum Gasteiger partial charge on any atom is 0.276 e. The van der Waals surface area contributed by atoms with Crippen LogP contribution in [-0.2, 0) is 9.59 Å². The van der Waals surface area contributed by atoms with Gasteiger partial charge in [0, 0.05) is 0 Å². The molecule has 2 aromatic carbocycles. The molecule has 6 nitrogen and oxygen atoms in total. The number of ether oxygens (including phenoxy) is 2. The van der Waals surface area contributed by atoms with E-state index in [0.717, 1.165) is 16.7 Å². The quantitative estimate of drug-likeness (QED) is 0.735. The van der Waals surface area contributed by atoms with Gasteiger partial charge < -0.3 is 9.47 Å². The molecule has 0 unspecified atom stereocenters. The predicted molar refractivity (Wildman–Crippen MR) is 104 cm³/mol. The smallest absolute Gasteiger partial charge is 0.276 e. The van der Waals surface area contributed by atoms with E-state index in [4.69, 9.17) is 9.47 Å². The third-order valence-electron chi connectivity index (χ3n) is 3.93. The summed E-state index contributed by atoms with van der Waals surface area (Å²) < 4.78 is 11.0. The number of carbonyl (C=O) groups is 2. The number of carbonyl (C=O) groups excluding carboxylic acids is 2. The number of benzene rings is 2. The number of nitrogens with one attached hydrogen (secondary N) is 2. The fraction of sp³-hybridized carbons (Fsp3) is 0.333. The van der Waals surface area contributed by atoms with Crippen molar-refractivity contribution in [1.29, 1.82) is 0 Å². The normalized spacial score (nSPS) is 10.4. The maximum atomic E-state index is 11.9. The first-order valence-electron chi connectivity index (χ1n) is 8.86. The molecule has 2 N–H and O–H groups in total. The lowest BCUT2D eigenvalue weighted by atomic mass is 10.0. The predicted octanol–water partition coefficient (Wildman–Crippen LogP) is 3.03. The van der Waals surface area contributed by atoms with E-state index in [1.807, 2.05) is 56.3 Å². The highest BCUT2D eigenvalue weighted by Crippen LogP contribution is 2.25. The standard InChI is InChI=1S/C21H26N2O4/c1-14(2)17-7-5-6-8-19(17)27-13-21(25)23-22-20(24)12-26-18-10-9-15(3)11-16(18)4/h5-11,14H,12-13H2,1-4H3,(H,22,24)(H,23,25). The Balaban J connectivity index is 1.74. The molecule has 0 aliphatic carbocycles. The third kappa shape index (κ3) is 6.33. The minimum Gasteiger partial charge on any atom is -0.483 e. The van der Waals surface area contributed by atoms with Crippen LogP contribution >= 0.6 is 0 Å². The van der Waals surface area contributed by atoms with Gasteiger partial charge in [0.25, 0.3) is 11.8 Å². The Kier molecular flexibility index (Phi) is 7.23. The maximum absolute atomic E-state index is 11.9. The molecule has 0 heterocycles. The molecule has 2 rings (SSSR count). The molecule has 0 aliphatic heterocycles. The Morgan fingerprint density at radius 3 is 2.07 bits per heavy atom. The number of hydrogen-bond donors (Lipinski definition) is 2. The Hall–Kier alpha value is -3.02. The van der Waals surface area contributed by atoms with E-state index >= 15 is 0 Å². The average molecular weight is 370 g/mol. The van der Waals surface area contributed by atoms with E-state index in [1.54, 1.807) is 0 Å². The molecule has 0 bridgehead atoms. The fourth-order valence-corrected chi connectivity index (χ4v) is 2.55. The lowest BCUT2D eigenvalue weighted by Gasteiger charge is -2.14. The highest BCUT2D eigenvalue weighted by atomic mass is 16.5. The van der Waals surface area contributed by atoms with Crippen molar-refractivity contribution in [3.63, 3.8) is 0 Å². The summed E-state index contributed by atoms with van der Waals surface area (Å²) in [5, 5.41) is 0. The van der Waals surface area contributed by atoms with Crippen LogP contribution in [0.5, 0.6) is 11.5 Å². The summed E-state index contributed by atoms with van der Waals surface area (Å²) in [6, 6.07) is 13.3. The van der Waals surface area contributed by atoms with Crippen molar-refractivity contribution in [1.82, 2.24) is 10.9 Å². The van der Waals surface area contributed by atoms with Crippen molar-refractivity contribution in [3.05, 3.63) is 59.2 Å². The molecule has 0 fully saturated rings. The molecule has 6 heteroatoms. The summed E-state index contributed by atoms with van der Waals surface area (Å²) in [6.07, 6.45) is 0. The molecule has 0 spiro atoms. The molecule has 0 saturated heterocycles. The molecule has 0 aliphatic rings. The van der Waals surface area contributed by atoms with Crippen LogP contribution in [0.3, 0.4) is 0 Å². The second-order valence-corrected chi connectivity index (χ2v) is 6.64. The summed E-state index contributed by atoms with van der Waals surface area (Å²) in [4.78, 5) is 23.7. The fourth-order valence-electron chi connectivity index (χ4n) is 2.55. The van der Waals surface area contributed by atoms with Gasteiger partial charge in [0.2, 0.25) is 0 Å². The summed E-state index contributed by atoms with van der Waals surface area (Å²) in [7, 11) is 0. The van der Waals surface area contributed by atoms with Crippen LogP contribution in [0.2, 0.25) is 0 Å². The molecule has 144 valence electrons. The molecular weight excluding hydrogens is 344 g/mol. The second kappa shape index (κ2) is 9.62. The van der Waals surface area contributed by atoms with Crippen molar-refractivity contribution in [2.24, 2.45) is 0 Å². The number of rotatable bonds is 7. The van der Waals surface area contributed by atoms with Crippen LogP contribution in [-0.4, -0.2) is 25.0 Å². The number of hydrogen-bond acceptors (Lipinski definition) is 4. The van der Waals surface area contributed by atoms with Crippen LogP contribution in [0.4, 0.5) is 0 Å². The Labute approximate surface area is 159 Å². The van der Waals surface area contributed by atoms with Crippen LogP contribution in [0.15, 0.2) is 42.5 Å². The average Bonchev–Trinajstić information content (AvgIpc) is 2.64. The van der Waals surface area contributed by atoms with E-state index in [9.17, 15) is 9.59 Å². The number of amides is 2. The second-order valence-electron chi connectivity index (χ2n) is 6.64.